The van der Waals surface area contributed by atoms with Crippen molar-refractivity contribution >= 4 is 40.7 Å². The fourth-order valence-electron chi connectivity index (χ4n) is 2.82. The van der Waals surface area contributed by atoms with Gasteiger partial charge in [0.05, 0.1) is 18.2 Å². The molecule has 0 aliphatic rings. The van der Waals surface area contributed by atoms with E-state index < -0.39 is 30.0 Å². The summed E-state index contributed by atoms with van der Waals surface area (Å²) in [7, 11) is 1.22. The Bertz CT molecular complexity index is 1220. The Hall–Kier alpha value is -4.61. The molecule has 0 fully saturated rings. The second-order valence-electron chi connectivity index (χ2n) is 6.63. The molecule has 0 unspecified atom stereocenters. The lowest BCUT2D eigenvalue weighted by atomic mass is 10.1. The van der Waals surface area contributed by atoms with Gasteiger partial charge in [0.2, 0.25) is 5.91 Å². The first-order valence-electron chi connectivity index (χ1n) is 9.23. The maximum Gasteiger partial charge on any atom is 0.418 e. The zero-order valence-corrected chi connectivity index (χ0v) is 17.1. The second-order valence-corrected chi connectivity index (χ2v) is 6.63. The van der Waals surface area contributed by atoms with Crippen LogP contribution in [0, 0.1) is 0 Å². The molecule has 0 spiro atoms. The third-order valence-electron chi connectivity index (χ3n) is 4.40. The molecule has 32 heavy (non-hydrogen) atoms. The van der Waals surface area contributed by atoms with Crippen LogP contribution in [0.2, 0.25) is 0 Å². The molecule has 6 N–H and O–H groups in total. The first-order valence-corrected chi connectivity index (χ1v) is 9.23. The first-order chi connectivity index (χ1) is 15.2. The van der Waals surface area contributed by atoms with E-state index in [-0.39, 0.29) is 11.4 Å². The highest BCUT2D eigenvalue weighted by atomic mass is 16.5. The summed E-state index contributed by atoms with van der Waals surface area (Å²) in [6.07, 6.45) is 2.02. The van der Waals surface area contributed by atoms with Gasteiger partial charge < -0.3 is 26.3 Å². The van der Waals surface area contributed by atoms with Crippen LogP contribution < -0.4 is 26.8 Å². The number of aromatic nitrogens is 2. The van der Waals surface area contributed by atoms with Crippen LogP contribution in [0.1, 0.15) is 17.3 Å². The number of carbonyl (C=O) groups is 4. The van der Waals surface area contributed by atoms with E-state index in [4.69, 9.17) is 20.9 Å². The maximum absolute atomic E-state index is 12.0. The molecule has 3 aromatic rings. The number of benzene rings is 1. The van der Waals surface area contributed by atoms with E-state index >= 15 is 0 Å². The van der Waals surface area contributed by atoms with Crippen molar-refractivity contribution in [3.05, 3.63) is 48.3 Å². The summed E-state index contributed by atoms with van der Waals surface area (Å²) in [5, 5.41) is 5.22. The number of nitrogens with zero attached hydrogens (tertiary/aromatic N) is 2. The number of amides is 4. The highest BCUT2D eigenvalue weighted by Crippen LogP contribution is 2.29. The molecule has 0 saturated carbocycles. The van der Waals surface area contributed by atoms with Crippen molar-refractivity contribution in [1.82, 2.24) is 14.9 Å². The van der Waals surface area contributed by atoms with Gasteiger partial charge in [-0.25, -0.2) is 14.6 Å². The summed E-state index contributed by atoms with van der Waals surface area (Å²) < 4.78 is 11.7. The number of fused-ring (bicyclic) bond motifs is 1. The average molecular weight is 440 g/mol. The number of pyridine rings is 1. The lowest BCUT2D eigenvalue weighted by molar-refractivity contribution is -0.119. The number of hydrogen-bond acceptors (Lipinski definition) is 7. The van der Waals surface area contributed by atoms with E-state index in [1.807, 2.05) is 0 Å². The van der Waals surface area contributed by atoms with Gasteiger partial charge in [0, 0.05) is 23.8 Å². The van der Waals surface area contributed by atoms with E-state index in [0.29, 0.717) is 22.4 Å². The van der Waals surface area contributed by atoms with E-state index in [0.717, 1.165) is 0 Å². The van der Waals surface area contributed by atoms with E-state index in [1.165, 1.54) is 37.1 Å². The molecule has 0 saturated heterocycles. The van der Waals surface area contributed by atoms with Gasteiger partial charge in [0.25, 0.3) is 5.91 Å². The number of methoxy groups -OCH3 is 1. The van der Waals surface area contributed by atoms with Crippen molar-refractivity contribution < 1.29 is 28.7 Å². The lowest BCUT2D eigenvalue weighted by Gasteiger charge is -2.12. The van der Waals surface area contributed by atoms with Gasteiger partial charge in [-0.15, -0.1) is 0 Å². The molecule has 3 rings (SSSR count). The Balaban J connectivity index is 1.84. The molecule has 12 heteroatoms. The highest BCUT2D eigenvalue weighted by molar-refractivity contribution is 6.08. The number of urea groups is 1. The molecule has 0 bridgehead atoms. The van der Waals surface area contributed by atoms with Crippen molar-refractivity contribution in [3.63, 3.8) is 0 Å². The monoisotopic (exact) mass is 440 g/mol. The van der Waals surface area contributed by atoms with Crippen LogP contribution in [0.4, 0.5) is 15.4 Å². The second kappa shape index (κ2) is 9.04. The van der Waals surface area contributed by atoms with E-state index in [2.05, 4.69) is 15.6 Å². The SMILES string of the molecule is COC(=O)n1cc(C(N)=O)c2cc(Oc3ccnc(NC(=O)N[C@@H](C)C(N)=O)c3)ccc21. The number of nitrogens with two attached hydrogens (primary N) is 2. The van der Waals surface area contributed by atoms with Gasteiger partial charge in [0.1, 0.15) is 23.4 Å². The van der Waals surface area contributed by atoms with Crippen molar-refractivity contribution in [3.8, 4) is 11.5 Å². The Morgan fingerprint density at radius 2 is 1.81 bits per heavy atom. The molecule has 1 aromatic carbocycles. The smallest absolute Gasteiger partial charge is 0.418 e. The van der Waals surface area contributed by atoms with E-state index in [9.17, 15) is 19.2 Å². The van der Waals surface area contributed by atoms with Crippen LogP contribution in [-0.4, -0.2) is 46.6 Å². The minimum atomic E-state index is -0.863. The molecule has 0 aliphatic heterocycles. The Labute approximate surface area is 181 Å². The molecular weight excluding hydrogens is 420 g/mol. The van der Waals surface area contributed by atoms with Crippen LogP contribution in [-0.2, 0) is 9.53 Å². The number of ether oxygens (including phenoxy) is 2. The molecule has 2 aromatic heterocycles. The standard InChI is InChI=1S/C20H20N6O6/c1-10(17(21)27)24-19(29)25-16-8-12(5-6-23-16)32-11-3-4-15-13(7-11)14(18(22)28)9-26(15)20(30)31-2/h3-10H,1-2H3,(H2,21,27)(H2,22,28)(H2,23,24,25,29)/t10-/m0/s1. The highest BCUT2D eigenvalue weighted by Gasteiger charge is 2.18. The molecule has 166 valence electrons. The minimum Gasteiger partial charge on any atom is -0.457 e. The summed E-state index contributed by atoms with van der Waals surface area (Å²) in [4.78, 5) is 50.7. The third-order valence-corrected chi connectivity index (χ3v) is 4.40. The maximum atomic E-state index is 12.0. The van der Waals surface area contributed by atoms with E-state index in [1.54, 1.807) is 24.3 Å². The Morgan fingerprint density at radius 3 is 2.47 bits per heavy atom. The number of nitrogens with one attached hydrogen (secondary N) is 2. The molecule has 0 radical (unpaired) electrons. The average Bonchev–Trinajstić information content (AvgIpc) is 3.12. The predicted octanol–water partition coefficient (Wildman–Crippen LogP) is 1.54. The van der Waals surface area contributed by atoms with Gasteiger partial charge in [0.15, 0.2) is 0 Å². The molecule has 12 nitrogen and oxygen atoms in total. The predicted molar refractivity (Wildman–Crippen MR) is 113 cm³/mol. The lowest BCUT2D eigenvalue weighted by Crippen LogP contribution is -2.44. The molecule has 2 heterocycles. The van der Waals surface area contributed by atoms with Crippen LogP contribution >= 0.6 is 0 Å². The van der Waals surface area contributed by atoms with Crippen LogP contribution in [0.25, 0.3) is 10.9 Å². The van der Waals surface area contributed by atoms with Gasteiger partial charge in [-0.05, 0) is 31.2 Å². The van der Waals surface area contributed by atoms with Gasteiger partial charge in [-0.1, -0.05) is 0 Å². The number of anilines is 1. The molecule has 4 amide bonds. The minimum absolute atomic E-state index is 0.119. The fourth-order valence-corrected chi connectivity index (χ4v) is 2.82. The summed E-state index contributed by atoms with van der Waals surface area (Å²) in [5.74, 6) is -0.581. The fraction of sp³-hybridized carbons (Fsp3) is 0.150. The normalized spacial score (nSPS) is 11.4. The number of carbonyl (C=O) groups excluding carboxylic acids is 4. The number of hydrogen-bond donors (Lipinski definition) is 4. The Morgan fingerprint density at radius 1 is 1.09 bits per heavy atom. The summed E-state index contributed by atoms with van der Waals surface area (Å²) in [6, 6.07) is 6.18. The topological polar surface area (TPSA) is 181 Å². The van der Waals surface area contributed by atoms with Gasteiger partial charge in [-0.3, -0.25) is 19.5 Å². The summed E-state index contributed by atoms with van der Waals surface area (Å²) >= 11 is 0. The molecule has 0 aliphatic carbocycles. The van der Waals surface area contributed by atoms with Crippen molar-refractivity contribution in [2.24, 2.45) is 11.5 Å². The molecular formula is C20H20N6O6. The number of rotatable bonds is 6. The van der Waals surface area contributed by atoms with Crippen molar-refractivity contribution in [1.29, 1.82) is 0 Å². The largest absolute Gasteiger partial charge is 0.457 e. The van der Waals surface area contributed by atoms with Gasteiger partial charge in [-0.2, -0.15) is 0 Å². The van der Waals surface area contributed by atoms with Crippen molar-refractivity contribution in [2.75, 3.05) is 12.4 Å². The summed E-state index contributed by atoms with van der Waals surface area (Å²) in [6.45, 7) is 1.44. The third kappa shape index (κ3) is 4.75. The zero-order chi connectivity index (χ0) is 23.4. The van der Waals surface area contributed by atoms with Crippen LogP contribution in [0.5, 0.6) is 11.5 Å². The quantitative estimate of drug-likeness (QED) is 0.448. The van der Waals surface area contributed by atoms with Crippen LogP contribution in [0.15, 0.2) is 42.7 Å². The Kier molecular flexibility index (Phi) is 6.24. The number of primary amides is 2. The molecule has 1 atom stereocenters. The summed E-state index contributed by atoms with van der Waals surface area (Å²) in [5.41, 5.74) is 11.1. The zero-order valence-electron chi connectivity index (χ0n) is 17.1. The van der Waals surface area contributed by atoms with Crippen LogP contribution in [0.3, 0.4) is 0 Å². The first kappa shape index (κ1) is 22.1. The van der Waals surface area contributed by atoms with Crippen molar-refractivity contribution in [2.45, 2.75) is 13.0 Å². The van der Waals surface area contributed by atoms with Gasteiger partial charge >= 0.3 is 12.1 Å².